The second-order valence-corrected chi connectivity index (χ2v) is 5.71. The average Bonchev–Trinajstić information content (AvgIpc) is 2.51. The summed E-state index contributed by atoms with van der Waals surface area (Å²) in [6.07, 6.45) is 3.29. The van der Waals surface area contributed by atoms with Gasteiger partial charge in [0.05, 0.1) is 18.4 Å². The minimum Gasteiger partial charge on any atom is -0.465 e. The highest BCUT2D eigenvalue weighted by Crippen LogP contribution is 2.11. The van der Waals surface area contributed by atoms with Gasteiger partial charge in [-0.1, -0.05) is 26.0 Å². The number of methoxy groups -OCH3 is 1. The van der Waals surface area contributed by atoms with Crippen molar-refractivity contribution in [3.63, 3.8) is 0 Å². The van der Waals surface area contributed by atoms with Gasteiger partial charge in [-0.2, -0.15) is 0 Å². The van der Waals surface area contributed by atoms with E-state index in [4.69, 9.17) is 14.2 Å². The quantitative estimate of drug-likeness (QED) is 0.566. The van der Waals surface area contributed by atoms with Crippen LogP contribution < -0.4 is 5.32 Å². The Bertz CT molecular complexity index is 461. The Morgan fingerprint density at radius 2 is 1.83 bits per heavy atom. The molecule has 0 saturated heterocycles. The van der Waals surface area contributed by atoms with Crippen molar-refractivity contribution < 1.29 is 28.6 Å². The maximum Gasteiger partial charge on any atom is 0.328 e. The minimum atomic E-state index is -0.783. The standard InChI is InChI=1S/C16H25NO6/c1-10-6-5-7-14(18)22-8-11(2)15(19)17-12(3)16(20)23-9-13(10)21-4/h5-6,10-13H,7-9H2,1-4H3,(H,17,19)/b6-5+/t10-,11-,12-,13-/m0/s1. The van der Waals surface area contributed by atoms with E-state index in [0.29, 0.717) is 0 Å². The van der Waals surface area contributed by atoms with Crippen molar-refractivity contribution >= 4 is 17.8 Å². The molecule has 0 aliphatic carbocycles. The van der Waals surface area contributed by atoms with E-state index in [1.54, 1.807) is 19.9 Å². The summed E-state index contributed by atoms with van der Waals surface area (Å²) >= 11 is 0. The van der Waals surface area contributed by atoms with Crippen LogP contribution in [0.25, 0.3) is 0 Å². The largest absolute Gasteiger partial charge is 0.465 e. The first-order chi connectivity index (χ1) is 10.8. The minimum absolute atomic E-state index is 0.0312. The topological polar surface area (TPSA) is 90.9 Å². The first kappa shape index (κ1) is 19.2. The smallest absolute Gasteiger partial charge is 0.328 e. The molecule has 0 radical (unpaired) electrons. The predicted octanol–water partition coefficient (Wildman–Crippen LogP) is 0.825. The van der Waals surface area contributed by atoms with E-state index in [0.717, 1.165) is 0 Å². The van der Waals surface area contributed by atoms with Gasteiger partial charge in [0, 0.05) is 13.0 Å². The molecule has 1 rings (SSSR count). The molecule has 7 nitrogen and oxygen atoms in total. The summed E-state index contributed by atoms with van der Waals surface area (Å²) in [6, 6.07) is -0.783. The number of ether oxygens (including phenoxy) is 3. The van der Waals surface area contributed by atoms with Gasteiger partial charge >= 0.3 is 11.9 Å². The molecule has 0 spiro atoms. The van der Waals surface area contributed by atoms with Gasteiger partial charge in [-0.3, -0.25) is 9.59 Å². The average molecular weight is 327 g/mol. The molecular weight excluding hydrogens is 302 g/mol. The fourth-order valence-electron chi connectivity index (χ4n) is 1.99. The van der Waals surface area contributed by atoms with Crippen LogP contribution in [0.5, 0.6) is 0 Å². The maximum atomic E-state index is 11.9. The van der Waals surface area contributed by atoms with E-state index >= 15 is 0 Å². The van der Waals surface area contributed by atoms with Crippen LogP contribution in [0.3, 0.4) is 0 Å². The Morgan fingerprint density at radius 1 is 1.13 bits per heavy atom. The second-order valence-electron chi connectivity index (χ2n) is 5.71. The summed E-state index contributed by atoms with van der Waals surface area (Å²) in [5, 5.41) is 2.55. The fraction of sp³-hybridized carbons (Fsp3) is 0.688. The molecule has 0 fully saturated rings. The third kappa shape index (κ3) is 6.40. The van der Waals surface area contributed by atoms with Gasteiger partial charge in [0.25, 0.3) is 0 Å². The third-order valence-electron chi connectivity index (χ3n) is 3.66. The van der Waals surface area contributed by atoms with Crippen LogP contribution in [-0.2, 0) is 28.6 Å². The molecule has 0 unspecified atom stereocenters. The van der Waals surface area contributed by atoms with Gasteiger partial charge in [0.2, 0.25) is 5.91 Å². The number of hydrogen-bond acceptors (Lipinski definition) is 6. The van der Waals surface area contributed by atoms with Crippen LogP contribution in [-0.4, -0.2) is 50.3 Å². The molecule has 1 amide bonds. The molecule has 4 atom stereocenters. The van der Waals surface area contributed by atoms with Gasteiger partial charge < -0.3 is 19.5 Å². The van der Waals surface area contributed by atoms with Crippen molar-refractivity contribution in [3.05, 3.63) is 12.2 Å². The van der Waals surface area contributed by atoms with E-state index in [2.05, 4.69) is 5.32 Å². The van der Waals surface area contributed by atoms with Crippen LogP contribution in [0, 0.1) is 11.8 Å². The van der Waals surface area contributed by atoms with E-state index in [-0.39, 0.29) is 37.6 Å². The van der Waals surface area contributed by atoms with E-state index in [1.807, 2.05) is 13.0 Å². The van der Waals surface area contributed by atoms with Gasteiger partial charge in [-0.15, -0.1) is 0 Å². The lowest BCUT2D eigenvalue weighted by molar-refractivity contribution is -0.152. The van der Waals surface area contributed by atoms with Crippen LogP contribution in [0.15, 0.2) is 12.2 Å². The van der Waals surface area contributed by atoms with Crippen molar-refractivity contribution in [3.8, 4) is 0 Å². The van der Waals surface area contributed by atoms with Crippen molar-refractivity contribution in [2.45, 2.75) is 39.3 Å². The van der Waals surface area contributed by atoms with E-state index in [9.17, 15) is 14.4 Å². The zero-order chi connectivity index (χ0) is 17.4. The van der Waals surface area contributed by atoms with Crippen LogP contribution in [0.2, 0.25) is 0 Å². The number of carbonyl (C=O) groups excluding carboxylic acids is 3. The molecule has 7 heteroatoms. The Morgan fingerprint density at radius 3 is 2.48 bits per heavy atom. The summed E-state index contributed by atoms with van der Waals surface area (Å²) in [5.74, 6) is -1.90. The lowest BCUT2D eigenvalue weighted by atomic mass is 10.0. The number of hydrogen-bond donors (Lipinski definition) is 1. The Balaban J connectivity index is 2.83. The highest BCUT2D eigenvalue weighted by Gasteiger charge is 2.24. The van der Waals surface area contributed by atoms with Crippen molar-refractivity contribution in [1.29, 1.82) is 0 Å². The van der Waals surface area contributed by atoms with Gasteiger partial charge in [0.15, 0.2) is 0 Å². The number of amides is 1. The Hall–Kier alpha value is -1.89. The SMILES string of the molecule is CO[C@H]1COC(=O)[C@H](C)NC(=O)[C@@H](C)COC(=O)C/C=C/[C@@H]1C. The Kier molecular flexibility index (Phi) is 7.74. The van der Waals surface area contributed by atoms with E-state index in [1.165, 1.54) is 7.11 Å². The summed E-state index contributed by atoms with van der Waals surface area (Å²) in [4.78, 5) is 35.5. The normalized spacial score (nSPS) is 32.8. The molecule has 0 aromatic rings. The molecule has 0 aromatic carbocycles. The van der Waals surface area contributed by atoms with Crippen molar-refractivity contribution in [1.82, 2.24) is 5.32 Å². The number of carbonyl (C=O) groups is 3. The molecule has 1 aliphatic rings. The van der Waals surface area contributed by atoms with Gasteiger partial charge in [-0.05, 0) is 6.92 Å². The highest BCUT2D eigenvalue weighted by atomic mass is 16.6. The van der Waals surface area contributed by atoms with Crippen LogP contribution in [0.4, 0.5) is 0 Å². The lowest BCUT2D eigenvalue weighted by Crippen LogP contribution is -2.43. The number of esters is 2. The molecule has 23 heavy (non-hydrogen) atoms. The van der Waals surface area contributed by atoms with Crippen molar-refractivity contribution in [2.24, 2.45) is 11.8 Å². The fourth-order valence-corrected chi connectivity index (χ4v) is 1.99. The molecule has 0 aromatic heterocycles. The molecule has 1 aliphatic heterocycles. The first-order valence-corrected chi connectivity index (χ1v) is 7.67. The molecule has 1 heterocycles. The van der Waals surface area contributed by atoms with Crippen LogP contribution >= 0.6 is 0 Å². The van der Waals surface area contributed by atoms with Gasteiger partial charge in [0.1, 0.15) is 19.3 Å². The molecule has 0 saturated carbocycles. The lowest BCUT2D eigenvalue weighted by Gasteiger charge is -2.21. The number of rotatable bonds is 1. The number of cyclic esters (lactones) is 2. The monoisotopic (exact) mass is 327 g/mol. The summed E-state index contributed by atoms with van der Waals surface area (Å²) in [6.45, 7) is 5.10. The molecule has 0 bridgehead atoms. The van der Waals surface area contributed by atoms with E-state index < -0.39 is 23.9 Å². The highest BCUT2D eigenvalue weighted by molar-refractivity contribution is 5.85. The zero-order valence-corrected chi connectivity index (χ0v) is 14.0. The molecule has 130 valence electrons. The second kappa shape index (κ2) is 9.29. The predicted molar refractivity (Wildman–Crippen MR) is 82.4 cm³/mol. The summed E-state index contributed by atoms with van der Waals surface area (Å²) in [5.41, 5.74) is 0. The molecular formula is C16H25NO6. The summed E-state index contributed by atoms with van der Waals surface area (Å²) < 4.78 is 15.6. The number of nitrogens with one attached hydrogen (secondary N) is 1. The molecule has 1 N–H and O–H groups in total. The third-order valence-corrected chi connectivity index (χ3v) is 3.66. The first-order valence-electron chi connectivity index (χ1n) is 7.67. The van der Waals surface area contributed by atoms with Crippen molar-refractivity contribution in [2.75, 3.05) is 20.3 Å². The Labute approximate surface area is 136 Å². The zero-order valence-electron chi connectivity index (χ0n) is 14.0. The van der Waals surface area contributed by atoms with Gasteiger partial charge in [-0.25, -0.2) is 4.79 Å². The summed E-state index contributed by atoms with van der Waals surface area (Å²) in [7, 11) is 1.53. The van der Waals surface area contributed by atoms with Crippen LogP contribution in [0.1, 0.15) is 27.2 Å². The maximum absolute atomic E-state index is 11.9.